The number of hydrogen-bond donors (Lipinski definition) is 1. The molecule has 4 heteroatoms. The Balaban J connectivity index is 2.23. The minimum absolute atomic E-state index is 0.125. The van der Waals surface area contributed by atoms with Gasteiger partial charge in [0.25, 0.3) is 0 Å². The van der Waals surface area contributed by atoms with Gasteiger partial charge >= 0.3 is 0 Å². The molecule has 4 nitrogen and oxygen atoms in total. The molecule has 1 aromatic carbocycles. The predicted octanol–water partition coefficient (Wildman–Crippen LogP) is 2.16. The van der Waals surface area contributed by atoms with Crippen molar-refractivity contribution in [1.29, 1.82) is 0 Å². The summed E-state index contributed by atoms with van der Waals surface area (Å²) in [6, 6.07) is 5.48. The van der Waals surface area contributed by atoms with E-state index in [-0.39, 0.29) is 5.92 Å². The Morgan fingerprint density at radius 2 is 2.17 bits per heavy atom. The number of aliphatic hydroxyl groups excluding tert-OH is 1. The van der Waals surface area contributed by atoms with Crippen molar-refractivity contribution >= 4 is 0 Å². The van der Waals surface area contributed by atoms with Gasteiger partial charge in [-0.3, -0.25) is 0 Å². The topological polar surface area (TPSA) is 47.9 Å². The summed E-state index contributed by atoms with van der Waals surface area (Å²) < 4.78 is 15.9. The maximum absolute atomic E-state index is 10.5. The maximum Gasteiger partial charge on any atom is 0.124 e. The zero-order chi connectivity index (χ0) is 13.0. The van der Waals surface area contributed by atoms with E-state index < -0.39 is 6.10 Å². The third-order valence-corrected chi connectivity index (χ3v) is 3.40. The zero-order valence-corrected chi connectivity index (χ0v) is 10.9. The number of rotatable bonds is 4. The number of aliphatic hydroxyl groups is 1. The second-order valence-electron chi connectivity index (χ2n) is 4.53. The molecule has 0 amide bonds. The van der Waals surface area contributed by atoms with E-state index in [1.807, 2.05) is 18.2 Å². The quantitative estimate of drug-likeness (QED) is 0.892. The monoisotopic (exact) mass is 252 g/mol. The normalized spacial score (nSPS) is 21.4. The van der Waals surface area contributed by atoms with Crippen molar-refractivity contribution in [2.45, 2.75) is 18.9 Å². The molecule has 0 radical (unpaired) electrons. The summed E-state index contributed by atoms with van der Waals surface area (Å²) in [5.41, 5.74) is 0.771. The van der Waals surface area contributed by atoms with Crippen molar-refractivity contribution in [2.24, 2.45) is 5.92 Å². The van der Waals surface area contributed by atoms with Crippen LogP contribution in [0.15, 0.2) is 18.2 Å². The van der Waals surface area contributed by atoms with E-state index in [0.29, 0.717) is 12.4 Å². The molecule has 1 aliphatic heterocycles. The fourth-order valence-corrected chi connectivity index (χ4v) is 2.34. The van der Waals surface area contributed by atoms with E-state index in [2.05, 4.69) is 0 Å². The summed E-state index contributed by atoms with van der Waals surface area (Å²) in [4.78, 5) is 0. The molecule has 1 aliphatic rings. The minimum Gasteiger partial charge on any atom is -0.497 e. The molecule has 1 N–H and O–H groups in total. The summed E-state index contributed by atoms with van der Waals surface area (Å²) in [5.74, 6) is 1.54. The fourth-order valence-electron chi connectivity index (χ4n) is 2.34. The average Bonchev–Trinajstić information content (AvgIpc) is 2.46. The second-order valence-corrected chi connectivity index (χ2v) is 4.53. The van der Waals surface area contributed by atoms with Gasteiger partial charge in [-0.2, -0.15) is 0 Å². The Labute approximate surface area is 107 Å². The standard InChI is InChI=1S/C14H20O4/c1-16-11-5-6-13(17-2)12(8-11)14(15)10-4-3-7-18-9-10/h5-6,8,10,14-15H,3-4,7,9H2,1-2H3. The van der Waals surface area contributed by atoms with Crippen LogP contribution in [0.4, 0.5) is 0 Å². The first-order valence-corrected chi connectivity index (χ1v) is 6.24. The predicted molar refractivity (Wildman–Crippen MR) is 68.0 cm³/mol. The summed E-state index contributed by atoms with van der Waals surface area (Å²) in [7, 11) is 3.22. The molecule has 2 atom stereocenters. The molecule has 1 heterocycles. The molecule has 100 valence electrons. The van der Waals surface area contributed by atoms with E-state index in [0.717, 1.165) is 30.8 Å². The van der Waals surface area contributed by atoms with Gasteiger partial charge in [-0.25, -0.2) is 0 Å². The van der Waals surface area contributed by atoms with Crippen LogP contribution in [-0.4, -0.2) is 32.5 Å². The van der Waals surface area contributed by atoms with Gasteiger partial charge < -0.3 is 19.3 Å². The van der Waals surface area contributed by atoms with Crippen LogP contribution in [0.2, 0.25) is 0 Å². The fraction of sp³-hybridized carbons (Fsp3) is 0.571. The summed E-state index contributed by atoms with van der Waals surface area (Å²) in [5, 5.41) is 10.5. The van der Waals surface area contributed by atoms with Gasteiger partial charge in [0, 0.05) is 18.1 Å². The molecule has 2 rings (SSSR count). The Morgan fingerprint density at radius 1 is 1.33 bits per heavy atom. The molecule has 1 fully saturated rings. The lowest BCUT2D eigenvalue weighted by molar-refractivity contribution is -0.0108. The van der Waals surface area contributed by atoms with Gasteiger partial charge in [0.2, 0.25) is 0 Å². The highest BCUT2D eigenvalue weighted by atomic mass is 16.5. The van der Waals surface area contributed by atoms with Crippen LogP contribution in [0.1, 0.15) is 24.5 Å². The lowest BCUT2D eigenvalue weighted by Crippen LogP contribution is -2.24. The highest BCUT2D eigenvalue weighted by Crippen LogP contribution is 2.36. The molecule has 1 aromatic rings. The third kappa shape index (κ3) is 2.76. The van der Waals surface area contributed by atoms with Crippen LogP contribution >= 0.6 is 0 Å². The molecule has 0 aliphatic carbocycles. The van der Waals surface area contributed by atoms with Gasteiger partial charge in [-0.1, -0.05) is 0 Å². The maximum atomic E-state index is 10.5. The first-order chi connectivity index (χ1) is 8.76. The van der Waals surface area contributed by atoms with E-state index in [1.54, 1.807) is 14.2 Å². The Morgan fingerprint density at radius 3 is 2.78 bits per heavy atom. The lowest BCUT2D eigenvalue weighted by atomic mass is 9.90. The van der Waals surface area contributed by atoms with Crippen LogP contribution < -0.4 is 9.47 Å². The Kier molecular flexibility index (Phi) is 4.44. The SMILES string of the molecule is COc1ccc(OC)c(C(O)C2CCCOC2)c1. The Bertz CT molecular complexity index is 385. The highest BCUT2D eigenvalue weighted by molar-refractivity contribution is 5.41. The first-order valence-electron chi connectivity index (χ1n) is 6.24. The number of hydrogen-bond acceptors (Lipinski definition) is 4. The van der Waals surface area contributed by atoms with E-state index in [9.17, 15) is 5.11 Å². The van der Waals surface area contributed by atoms with Crippen molar-refractivity contribution in [2.75, 3.05) is 27.4 Å². The van der Waals surface area contributed by atoms with Crippen LogP contribution in [-0.2, 0) is 4.74 Å². The largest absolute Gasteiger partial charge is 0.497 e. The van der Waals surface area contributed by atoms with Gasteiger partial charge in [-0.15, -0.1) is 0 Å². The average molecular weight is 252 g/mol. The Hall–Kier alpha value is -1.26. The van der Waals surface area contributed by atoms with Crippen LogP contribution in [0, 0.1) is 5.92 Å². The summed E-state index contributed by atoms with van der Waals surface area (Å²) >= 11 is 0. The van der Waals surface area contributed by atoms with Gasteiger partial charge in [0.05, 0.1) is 26.9 Å². The lowest BCUT2D eigenvalue weighted by Gasteiger charge is -2.28. The summed E-state index contributed by atoms with van der Waals surface area (Å²) in [6.07, 6.45) is 1.39. The van der Waals surface area contributed by atoms with Crippen molar-refractivity contribution in [3.63, 3.8) is 0 Å². The van der Waals surface area contributed by atoms with Crippen LogP contribution in [0.25, 0.3) is 0 Å². The number of ether oxygens (including phenoxy) is 3. The van der Waals surface area contributed by atoms with Crippen molar-refractivity contribution < 1.29 is 19.3 Å². The number of methoxy groups -OCH3 is 2. The number of benzene rings is 1. The van der Waals surface area contributed by atoms with E-state index >= 15 is 0 Å². The van der Waals surface area contributed by atoms with Crippen LogP contribution in [0.5, 0.6) is 11.5 Å². The molecule has 0 saturated carbocycles. The molecule has 18 heavy (non-hydrogen) atoms. The van der Waals surface area contributed by atoms with Crippen molar-refractivity contribution in [1.82, 2.24) is 0 Å². The van der Waals surface area contributed by atoms with Crippen molar-refractivity contribution in [3.8, 4) is 11.5 Å². The zero-order valence-electron chi connectivity index (χ0n) is 10.9. The van der Waals surface area contributed by atoms with Gasteiger partial charge in [-0.05, 0) is 31.0 Å². The minimum atomic E-state index is -0.574. The van der Waals surface area contributed by atoms with Gasteiger partial charge in [0.1, 0.15) is 11.5 Å². The van der Waals surface area contributed by atoms with Crippen LogP contribution in [0.3, 0.4) is 0 Å². The molecule has 0 aromatic heterocycles. The molecular weight excluding hydrogens is 232 g/mol. The van der Waals surface area contributed by atoms with E-state index in [4.69, 9.17) is 14.2 Å². The molecule has 0 bridgehead atoms. The smallest absolute Gasteiger partial charge is 0.124 e. The van der Waals surface area contributed by atoms with Crippen molar-refractivity contribution in [3.05, 3.63) is 23.8 Å². The third-order valence-electron chi connectivity index (χ3n) is 3.40. The first kappa shape index (κ1) is 13.2. The highest BCUT2D eigenvalue weighted by Gasteiger charge is 2.26. The molecular formula is C14H20O4. The van der Waals surface area contributed by atoms with Gasteiger partial charge in [0.15, 0.2) is 0 Å². The summed E-state index contributed by atoms with van der Waals surface area (Å²) in [6.45, 7) is 1.39. The second kappa shape index (κ2) is 6.07. The molecule has 0 spiro atoms. The van der Waals surface area contributed by atoms with E-state index in [1.165, 1.54) is 0 Å². The molecule has 2 unspecified atom stereocenters. The molecule has 1 saturated heterocycles.